The fraction of sp³-hybridized carbons (Fsp3) is 0.267. The van der Waals surface area contributed by atoms with Crippen LogP contribution in [0.15, 0.2) is 73.1 Å². The van der Waals surface area contributed by atoms with Gasteiger partial charge in [0.15, 0.2) is 0 Å². The Bertz CT molecular complexity index is 1740. The van der Waals surface area contributed by atoms with Crippen molar-refractivity contribution in [3.63, 3.8) is 0 Å². The van der Waals surface area contributed by atoms with Crippen LogP contribution in [-0.2, 0) is 18.8 Å². The fourth-order valence-corrected chi connectivity index (χ4v) is 5.45. The van der Waals surface area contributed by atoms with Crippen LogP contribution in [0, 0.1) is 10.1 Å². The highest BCUT2D eigenvalue weighted by Crippen LogP contribution is 2.38. The molecule has 5 rings (SSSR count). The number of carbonyl (C=O) groups excluding carboxylic acids is 2. The molecule has 15 heteroatoms. The lowest BCUT2D eigenvalue weighted by atomic mass is 9.87. The van der Waals surface area contributed by atoms with Gasteiger partial charge in [-0.2, -0.15) is 26.3 Å². The minimum absolute atomic E-state index is 0.0651. The standard InChI is InChI=1S/C30H23F6N5O4/c31-29(32,33)20-13-19(14-21(15-20)30(34,35)36)27(43)40-12-4-3-11-28(40,16-18-7-9-22(10-8-18)41(44)45)39-26(42)25-23-5-1-2-6-24(23)37-17-38-25/h1-2,5-10,13-15,17H,3-4,11-12,16H2,(H,39,42)/t28-/m1/s1. The molecular weight excluding hydrogens is 608 g/mol. The van der Waals surface area contributed by atoms with Gasteiger partial charge in [-0.25, -0.2) is 9.97 Å². The van der Waals surface area contributed by atoms with E-state index < -0.39 is 51.4 Å². The SMILES string of the molecule is O=C(N[C@]1(Cc2ccc([N+](=O)[O-])cc2)CCCCN1C(=O)c1cc(C(F)(F)F)cc(C(F)(F)F)c1)c1ncnc2ccccc12. The maximum Gasteiger partial charge on any atom is 0.416 e. The van der Waals surface area contributed by atoms with Gasteiger partial charge in [0, 0.05) is 36.0 Å². The smallest absolute Gasteiger partial charge is 0.327 e. The van der Waals surface area contributed by atoms with Crippen molar-refractivity contribution in [2.75, 3.05) is 6.54 Å². The Morgan fingerprint density at radius 2 is 1.56 bits per heavy atom. The van der Waals surface area contributed by atoms with Gasteiger partial charge in [-0.1, -0.05) is 30.3 Å². The predicted molar refractivity (Wildman–Crippen MR) is 148 cm³/mol. The summed E-state index contributed by atoms with van der Waals surface area (Å²) < 4.78 is 81.9. The molecule has 1 N–H and O–H groups in total. The number of alkyl halides is 6. The van der Waals surface area contributed by atoms with Gasteiger partial charge in [0.2, 0.25) is 0 Å². The first-order valence-corrected chi connectivity index (χ1v) is 13.5. The van der Waals surface area contributed by atoms with Crippen molar-refractivity contribution in [3.05, 3.63) is 111 Å². The summed E-state index contributed by atoms with van der Waals surface area (Å²) in [7, 11) is 0. The number of piperidine rings is 1. The topological polar surface area (TPSA) is 118 Å². The molecule has 2 amide bonds. The number of aromatic nitrogens is 2. The molecule has 2 heterocycles. The van der Waals surface area contributed by atoms with Crippen LogP contribution in [0.4, 0.5) is 32.0 Å². The molecule has 4 aromatic rings. The van der Waals surface area contributed by atoms with E-state index in [2.05, 4.69) is 15.3 Å². The van der Waals surface area contributed by atoms with Crippen molar-refractivity contribution in [1.29, 1.82) is 0 Å². The third-order valence-corrected chi connectivity index (χ3v) is 7.57. The minimum atomic E-state index is -5.18. The molecule has 45 heavy (non-hydrogen) atoms. The normalized spacial score (nSPS) is 17.2. The van der Waals surface area contributed by atoms with E-state index in [0.717, 1.165) is 11.2 Å². The Labute approximate surface area is 251 Å². The van der Waals surface area contributed by atoms with E-state index in [4.69, 9.17) is 0 Å². The van der Waals surface area contributed by atoms with Gasteiger partial charge < -0.3 is 10.2 Å². The number of likely N-dealkylation sites (tertiary alicyclic amines) is 1. The van der Waals surface area contributed by atoms with Gasteiger partial charge in [0.1, 0.15) is 17.7 Å². The minimum Gasteiger partial charge on any atom is -0.327 e. The first-order valence-electron chi connectivity index (χ1n) is 13.5. The van der Waals surface area contributed by atoms with Crippen LogP contribution in [0.2, 0.25) is 0 Å². The predicted octanol–water partition coefficient (Wildman–Crippen LogP) is 6.57. The van der Waals surface area contributed by atoms with E-state index in [1.807, 2.05) is 0 Å². The molecule has 1 saturated heterocycles. The number of hydrogen-bond acceptors (Lipinski definition) is 6. The van der Waals surface area contributed by atoms with E-state index in [0.29, 0.717) is 41.4 Å². The molecule has 1 aromatic heterocycles. The molecule has 0 bridgehead atoms. The van der Waals surface area contributed by atoms with Crippen molar-refractivity contribution in [2.24, 2.45) is 0 Å². The molecule has 234 valence electrons. The Kier molecular flexibility index (Phi) is 8.21. The Morgan fingerprint density at radius 3 is 2.18 bits per heavy atom. The Balaban J connectivity index is 1.62. The zero-order valence-electron chi connectivity index (χ0n) is 23.2. The quantitative estimate of drug-likeness (QED) is 0.146. The summed E-state index contributed by atoms with van der Waals surface area (Å²) in [5, 5.41) is 14.4. The maximum atomic E-state index is 14.0. The average Bonchev–Trinajstić information content (AvgIpc) is 2.99. The lowest BCUT2D eigenvalue weighted by Gasteiger charge is -2.48. The first-order chi connectivity index (χ1) is 21.2. The summed E-state index contributed by atoms with van der Waals surface area (Å²) in [4.78, 5) is 47.6. The molecule has 1 aliphatic rings. The van der Waals surface area contributed by atoms with E-state index in [9.17, 15) is 46.0 Å². The zero-order valence-corrected chi connectivity index (χ0v) is 23.2. The highest BCUT2D eigenvalue weighted by Gasteiger charge is 2.45. The number of amides is 2. The molecule has 9 nitrogen and oxygen atoms in total. The number of nitrogens with zero attached hydrogens (tertiary/aromatic N) is 4. The lowest BCUT2D eigenvalue weighted by molar-refractivity contribution is -0.384. The number of nitro groups is 1. The Hall–Kier alpha value is -5.08. The van der Waals surface area contributed by atoms with Gasteiger partial charge >= 0.3 is 12.4 Å². The fourth-order valence-electron chi connectivity index (χ4n) is 5.45. The molecule has 0 unspecified atom stereocenters. The second-order valence-corrected chi connectivity index (χ2v) is 10.5. The number of para-hydroxylation sites is 1. The summed E-state index contributed by atoms with van der Waals surface area (Å²) in [6.45, 7) is -0.117. The van der Waals surface area contributed by atoms with Crippen molar-refractivity contribution >= 4 is 28.4 Å². The van der Waals surface area contributed by atoms with Gasteiger partial charge in [-0.15, -0.1) is 0 Å². The van der Waals surface area contributed by atoms with Crippen LogP contribution in [0.5, 0.6) is 0 Å². The van der Waals surface area contributed by atoms with Crippen LogP contribution in [0.1, 0.15) is 56.8 Å². The van der Waals surface area contributed by atoms with Crippen molar-refractivity contribution < 1.29 is 40.9 Å². The number of benzene rings is 3. The van der Waals surface area contributed by atoms with E-state index >= 15 is 0 Å². The summed E-state index contributed by atoms with van der Waals surface area (Å²) >= 11 is 0. The Morgan fingerprint density at radius 1 is 0.911 bits per heavy atom. The molecule has 0 spiro atoms. The maximum absolute atomic E-state index is 14.0. The van der Waals surface area contributed by atoms with Crippen molar-refractivity contribution in [1.82, 2.24) is 20.2 Å². The van der Waals surface area contributed by atoms with Crippen molar-refractivity contribution in [3.8, 4) is 0 Å². The number of hydrogen-bond donors (Lipinski definition) is 1. The molecular formula is C30H23F6N5O4. The molecule has 1 fully saturated rings. The first kappa shape index (κ1) is 31.3. The van der Waals surface area contributed by atoms with Gasteiger partial charge in [0.05, 0.1) is 21.6 Å². The van der Waals surface area contributed by atoms with Gasteiger partial charge in [0.25, 0.3) is 17.5 Å². The van der Waals surface area contributed by atoms with E-state index in [-0.39, 0.29) is 36.8 Å². The zero-order chi connectivity index (χ0) is 32.6. The summed E-state index contributed by atoms with van der Waals surface area (Å²) in [5.74, 6) is -1.93. The van der Waals surface area contributed by atoms with E-state index in [1.165, 1.54) is 24.3 Å². The van der Waals surface area contributed by atoms with Crippen LogP contribution in [0.25, 0.3) is 10.9 Å². The van der Waals surface area contributed by atoms with Crippen LogP contribution in [-0.4, -0.2) is 43.8 Å². The lowest BCUT2D eigenvalue weighted by Crippen LogP contribution is -2.65. The number of halogens is 6. The number of rotatable bonds is 6. The molecule has 1 aliphatic heterocycles. The molecule has 0 saturated carbocycles. The largest absolute Gasteiger partial charge is 0.416 e. The third-order valence-electron chi connectivity index (χ3n) is 7.57. The summed E-state index contributed by atoms with van der Waals surface area (Å²) in [5.41, 5.74) is -5.31. The highest BCUT2D eigenvalue weighted by molar-refractivity contribution is 6.05. The number of nitrogens with one attached hydrogen (secondary N) is 1. The second kappa shape index (κ2) is 11.8. The summed E-state index contributed by atoms with van der Waals surface area (Å²) in [6, 6.07) is 12.4. The number of fused-ring (bicyclic) bond motifs is 1. The van der Waals surface area contributed by atoms with Crippen LogP contribution < -0.4 is 5.32 Å². The number of carbonyl (C=O) groups is 2. The highest BCUT2D eigenvalue weighted by atomic mass is 19.4. The monoisotopic (exact) mass is 631 g/mol. The molecule has 0 radical (unpaired) electrons. The number of nitro benzene ring substituents is 1. The van der Waals surface area contributed by atoms with E-state index in [1.54, 1.807) is 24.3 Å². The summed E-state index contributed by atoms with van der Waals surface area (Å²) in [6.07, 6.45) is -8.55. The third kappa shape index (κ3) is 6.56. The number of non-ortho nitro benzene ring substituents is 1. The van der Waals surface area contributed by atoms with Crippen molar-refractivity contribution in [2.45, 2.75) is 43.7 Å². The van der Waals surface area contributed by atoms with Crippen LogP contribution >= 0.6 is 0 Å². The average molecular weight is 632 g/mol. The van der Waals surface area contributed by atoms with Gasteiger partial charge in [-0.3, -0.25) is 19.7 Å². The molecule has 1 atom stereocenters. The second-order valence-electron chi connectivity index (χ2n) is 10.5. The molecule has 3 aromatic carbocycles. The van der Waals surface area contributed by atoms with Gasteiger partial charge in [-0.05, 0) is 49.1 Å². The molecule has 0 aliphatic carbocycles. The van der Waals surface area contributed by atoms with Crippen LogP contribution in [0.3, 0.4) is 0 Å².